The molecule has 1 aliphatic rings. The summed E-state index contributed by atoms with van der Waals surface area (Å²) in [5.41, 5.74) is 4.00. The van der Waals surface area contributed by atoms with Crippen molar-refractivity contribution in [2.24, 2.45) is 0 Å². The minimum Gasteiger partial charge on any atom is -0.312 e. The molecule has 0 radical (unpaired) electrons. The second-order valence-corrected chi connectivity index (χ2v) is 7.34. The zero-order valence-corrected chi connectivity index (χ0v) is 15.2. The van der Waals surface area contributed by atoms with Crippen molar-refractivity contribution in [1.29, 1.82) is 0 Å². The van der Waals surface area contributed by atoms with Crippen molar-refractivity contribution in [3.63, 3.8) is 0 Å². The molecule has 1 aromatic heterocycles. The fraction of sp³-hybridized carbons (Fsp3) is 0.200. The number of carbonyl (C=O) groups is 1. The van der Waals surface area contributed by atoms with Gasteiger partial charge in [0.05, 0.1) is 17.1 Å². The molecule has 0 saturated carbocycles. The number of carbonyl (C=O) groups excluding carboxylic acids is 1. The summed E-state index contributed by atoms with van der Waals surface area (Å²) in [5.74, 6) is 0.100. The molecule has 2 heterocycles. The molecule has 0 N–H and O–H groups in total. The first-order valence-corrected chi connectivity index (χ1v) is 9.56. The highest BCUT2D eigenvalue weighted by atomic mass is 35.5. The van der Waals surface area contributed by atoms with Gasteiger partial charge in [-0.1, -0.05) is 48.0 Å². The molecule has 0 spiro atoms. The lowest BCUT2D eigenvalue weighted by Crippen LogP contribution is -2.36. The highest BCUT2D eigenvalue weighted by Crippen LogP contribution is 2.31. The van der Waals surface area contributed by atoms with E-state index in [1.54, 1.807) is 0 Å². The van der Waals surface area contributed by atoms with Gasteiger partial charge in [0.15, 0.2) is 0 Å². The maximum absolute atomic E-state index is 12.8. The number of thiazole rings is 1. The molecular weight excluding hydrogens is 352 g/mol. The number of anilines is 1. The lowest BCUT2D eigenvalue weighted by Gasteiger charge is -2.29. The number of rotatable bonds is 3. The molecule has 0 fully saturated rings. The van der Waals surface area contributed by atoms with Gasteiger partial charge in [0.25, 0.3) is 0 Å². The molecule has 0 atom stereocenters. The van der Waals surface area contributed by atoms with Crippen molar-refractivity contribution in [1.82, 2.24) is 4.98 Å². The van der Waals surface area contributed by atoms with Crippen LogP contribution in [0.5, 0.6) is 0 Å². The van der Waals surface area contributed by atoms with E-state index in [2.05, 4.69) is 11.1 Å². The van der Waals surface area contributed by atoms with E-state index in [1.165, 1.54) is 16.9 Å². The molecule has 3 aromatic rings. The first-order chi connectivity index (χ1) is 12.2. The molecule has 0 saturated heterocycles. The van der Waals surface area contributed by atoms with Gasteiger partial charge in [-0.3, -0.25) is 4.79 Å². The van der Waals surface area contributed by atoms with Gasteiger partial charge in [0.2, 0.25) is 5.91 Å². The average molecular weight is 369 g/mol. The highest BCUT2D eigenvalue weighted by molar-refractivity contribution is 7.13. The van der Waals surface area contributed by atoms with Crippen LogP contribution in [0.2, 0.25) is 5.02 Å². The molecule has 126 valence electrons. The predicted octanol–water partition coefficient (Wildman–Crippen LogP) is 4.99. The summed E-state index contributed by atoms with van der Waals surface area (Å²) < 4.78 is 0. The van der Waals surface area contributed by atoms with E-state index in [0.717, 1.165) is 41.3 Å². The highest BCUT2D eigenvalue weighted by Gasteiger charge is 2.23. The molecule has 1 aliphatic heterocycles. The van der Waals surface area contributed by atoms with E-state index >= 15 is 0 Å². The lowest BCUT2D eigenvalue weighted by molar-refractivity contribution is -0.118. The van der Waals surface area contributed by atoms with Crippen LogP contribution in [0.4, 0.5) is 5.69 Å². The van der Waals surface area contributed by atoms with Gasteiger partial charge < -0.3 is 4.90 Å². The van der Waals surface area contributed by atoms with Crippen molar-refractivity contribution in [2.75, 3.05) is 11.4 Å². The number of amides is 1. The third-order valence-corrected chi connectivity index (χ3v) is 5.65. The van der Waals surface area contributed by atoms with Crippen molar-refractivity contribution in [2.45, 2.75) is 19.3 Å². The Morgan fingerprint density at radius 3 is 2.84 bits per heavy atom. The second-order valence-electron chi connectivity index (χ2n) is 6.08. The Hall–Kier alpha value is -2.17. The largest absolute Gasteiger partial charge is 0.312 e. The van der Waals surface area contributed by atoms with Gasteiger partial charge in [0, 0.05) is 23.2 Å². The Kier molecular flexibility index (Phi) is 4.55. The van der Waals surface area contributed by atoms with Crippen LogP contribution in [0.1, 0.15) is 17.7 Å². The Morgan fingerprint density at radius 2 is 1.96 bits per heavy atom. The fourth-order valence-corrected chi connectivity index (χ4v) is 4.33. The summed E-state index contributed by atoms with van der Waals surface area (Å²) >= 11 is 7.77. The van der Waals surface area contributed by atoms with Gasteiger partial charge >= 0.3 is 0 Å². The zero-order valence-electron chi connectivity index (χ0n) is 13.6. The summed E-state index contributed by atoms with van der Waals surface area (Å²) in [5, 5.41) is 3.49. The van der Waals surface area contributed by atoms with Crippen LogP contribution < -0.4 is 4.90 Å². The standard InChI is InChI=1S/C20H17ClN2OS/c21-17-9-3-2-8-16(17)20-22-15(13-25-20)12-19(24)23-11-5-7-14-6-1-4-10-18(14)23/h1-4,6,8-10,13H,5,7,11-12H2. The van der Waals surface area contributed by atoms with E-state index in [9.17, 15) is 4.79 Å². The maximum Gasteiger partial charge on any atom is 0.233 e. The molecule has 0 aliphatic carbocycles. The second kappa shape index (κ2) is 6.98. The summed E-state index contributed by atoms with van der Waals surface area (Å²) in [6.45, 7) is 0.775. The van der Waals surface area contributed by atoms with Gasteiger partial charge in [-0.2, -0.15) is 0 Å². The molecule has 4 rings (SSSR count). The number of fused-ring (bicyclic) bond motifs is 1. The molecule has 5 heteroatoms. The van der Waals surface area contributed by atoms with Crippen LogP contribution in [0.25, 0.3) is 10.6 Å². The van der Waals surface area contributed by atoms with E-state index in [1.807, 2.05) is 52.7 Å². The van der Waals surface area contributed by atoms with Crippen molar-refractivity contribution >= 4 is 34.5 Å². The van der Waals surface area contributed by atoms with Crippen LogP contribution in [-0.4, -0.2) is 17.4 Å². The normalized spacial score (nSPS) is 13.6. The number of aromatic nitrogens is 1. The van der Waals surface area contributed by atoms with Crippen LogP contribution >= 0.6 is 22.9 Å². The maximum atomic E-state index is 12.8. The molecule has 2 aromatic carbocycles. The van der Waals surface area contributed by atoms with Crippen molar-refractivity contribution in [3.8, 4) is 10.6 Å². The third kappa shape index (κ3) is 3.32. The Morgan fingerprint density at radius 1 is 1.16 bits per heavy atom. The van der Waals surface area contributed by atoms with Gasteiger partial charge in [-0.15, -0.1) is 11.3 Å². The Balaban J connectivity index is 1.54. The molecular formula is C20H17ClN2OS. The summed E-state index contributed by atoms with van der Waals surface area (Å²) in [7, 11) is 0. The number of halogens is 1. The third-order valence-electron chi connectivity index (χ3n) is 4.40. The average Bonchev–Trinajstić information content (AvgIpc) is 3.09. The number of hydrogen-bond acceptors (Lipinski definition) is 3. The fourth-order valence-electron chi connectivity index (χ4n) is 3.19. The monoisotopic (exact) mass is 368 g/mol. The SMILES string of the molecule is O=C(Cc1csc(-c2ccccc2Cl)n1)N1CCCc2ccccc21. The topological polar surface area (TPSA) is 33.2 Å². The number of nitrogens with zero attached hydrogens (tertiary/aromatic N) is 2. The summed E-state index contributed by atoms with van der Waals surface area (Å²) in [4.78, 5) is 19.3. The first-order valence-electron chi connectivity index (χ1n) is 8.30. The molecule has 0 unspecified atom stereocenters. The lowest BCUT2D eigenvalue weighted by atomic mass is 10.0. The number of hydrogen-bond donors (Lipinski definition) is 0. The van der Waals surface area contributed by atoms with E-state index in [0.29, 0.717) is 11.4 Å². The minimum atomic E-state index is 0.100. The predicted molar refractivity (Wildman–Crippen MR) is 103 cm³/mol. The van der Waals surface area contributed by atoms with E-state index < -0.39 is 0 Å². The minimum absolute atomic E-state index is 0.100. The quantitative estimate of drug-likeness (QED) is 0.652. The van der Waals surface area contributed by atoms with Crippen LogP contribution in [0, 0.1) is 0 Å². The van der Waals surface area contributed by atoms with Crippen LogP contribution in [0.15, 0.2) is 53.9 Å². The summed E-state index contributed by atoms with van der Waals surface area (Å²) in [6, 6.07) is 15.8. The first kappa shape index (κ1) is 16.3. The van der Waals surface area contributed by atoms with Gasteiger partial charge in [0.1, 0.15) is 5.01 Å². The van der Waals surface area contributed by atoms with Crippen molar-refractivity contribution in [3.05, 3.63) is 70.2 Å². The van der Waals surface area contributed by atoms with Crippen LogP contribution in [0.3, 0.4) is 0 Å². The van der Waals surface area contributed by atoms with Gasteiger partial charge in [-0.25, -0.2) is 4.98 Å². The smallest absolute Gasteiger partial charge is 0.233 e. The Bertz CT molecular complexity index is 921. The zero-order chi connectivity index (χ0) is 17.2. The summed E-state index contributed by atoms with van der Waals surface area (Å²) in [6.07, 6.45) is 2.35. The van der Waals surface area contributed by atoms with E-state index in [-0.39, 0.29) is 5.91 Å². The Labute approximate surface area is 155 Å². The molecule has 1 amide bonds. The van der Waals surface area contributed by atoms with Gasteiger partial charge in [-0.05, 0) is 30.5 Å². The molecule has 3 nitrogen and oxygen atoms in total. The molecule has 25 heavy (non-hydrogen) atoms. The number of para-hydroxylation sites is 1. The van der Waals surface area contributed by atoms with E-state index in [4.69, 9.17) is 11.6 Å². The van der Waals surface area contributed by atoms with Crippen molar-refractivity contribution < 1.29 is 4.79 Å². The number of benzene rings is 2. The molecule has 0 bridgehead atoms. The number of aryl methyl sites for hydroxylation is 1. The van der Waals surface area contributed by atoms with Crippen LogP contribution in [-0.2, 0) is 17.6 Å².